The van der Waals surface area contributed by atoms with Crippen LogP contribution in [0.2, 0.25) is 0 Å². The van der Waals surface area contributed by atoms with Gasteiger partial charge in [-0.15, -0.1) is 0 Å². The van der Waals surface area contributed by atoms with Gasteiger partial charge in [-0.3, -0.25) is 4.79 Å². The van der Waals surface area contributed by atoms with Crippen LogP contribution in [0.4, 0.5) is 0 Å². The molecule has 1 fully saturated rings. The van der Waals surface area contributed by atoms with Crippen molar-refractivity contribution in [1.29, 1.82) is 0 Å². The summed E-state index contributed by atoms with van der Waals surface area (Å²) in [5.74, 6) is 2.59. The lowest BCUT2D eigenvalue weighted by Gasteiger charge is -2.26. The van der Waals surface area contributed by atoms with E-state index in [4.69, 9.17) is 9.47 Å². The van der Waals surface area contributed by atoms with E-state index in [-0.39, 0.29) is 5.91 Å². The number of unbranched alkanes of at least 4 members (excludes halogenated alkanes) is 1. The second-order valence-electron chi connectivity index (χ2n) is 8.37. The molecule has 0 radical (unpaired) electrons. The topological polar surface area (TPSA) is 50.8 Å². The van der Waals surface area contributed by atoms with Crippen molar-refractivity contribution in [2.24, 2.45) is 5.92 Å². The van der Waals surface area contributed by atoms with Gasteiger partial charge in [0, 0.05) is 19.0 Å². The van der Waals surface area contributed by atoms with E-state index in [1.807, 2.05) is 26.2 Å². The Hall–Kier alpha value is -1.75. The van der Waals surface area contributed by atoms with E-state index in [0.29, 0.717) is 19.1 Å². The number of amides is 1. The number of rotatable bonds is 11. The van der Waals surface area contributed by atoms with Crippen LogP contribution >= 0.6 is 0 Å². The molecule has 5 heteroatoms. The summed E-state index contributed by atoms with van der Waals surface area (Å²) in [6.07, 6.45) is 8.23. The summed E-state index contributed by atoms with van der Waals surface area (Å²) in [6.45, 7) is 3.81. The summed E-state index contributed by atoms with van der Waals surface area (Å²) in [5, 5.41) is 3.21. The minimum atomic E-state index is 0.210. The number of nitrogens with zero attached hydrogens (tertiary/aromatic N) is 1. The van der Waals surface area contributed by atoms with Gasteiger partial charge in [-0.2, -0.15) is 0 Å². The van der Waals surface area contributed by atoms with Gasteiger partial charge in [0.2, 0.25) is 5.91 Å². The standard InChI is InChI=1S/C23H38N2O3/c1-18-9-12-20(13-10-18)24-23(26)8-6-5-7-19-11-14-21(22(17-19)27-4)28-16-15-25(2)3/h11,14,17-18,20H,5-10,12-13,15-16H2,1-4H3,(H,24,26)/t18-,20-. The Morgan fingerprint density at radius 1 is 1.14 bits per heavy atom. The number of carbonyl (C=O) groups excluding carboxylic acids is 1. The fourth-order valence-corrected chi connectivity index (χ4v) is 3.64. The van der Waals surface area contributed by atoms with E-state index < -0.39 is 0 Å². The fraction of sp³-hybridized carbons (Fsp3) is 0.696. The average molecular weight is 391 g/mol. The fourth-order valence-electron chi connectivity index (χ4n) is 3.64. The van der Waals surface area contributed by atoms with Crippen LogP contribution in [0.1, 0.15) is 57.4 Å². The number of likely N-dealkylation sites (N-methyl/N-ethyl adjacent to an activating group) is 1. The predicted molar refractivity (Wildman–Crippen MR) is 114 cm³/mol. The lowest BCUT2D eigenvalue weighted by atomic mass is 9.87. The van der Waals surface area contributed by atoms with E-state index >= 15 is 0 Å². The molecule has 0 spiro atoms. The molecule has 28 heavy (non-hydrogen) atoms. The number of methoxy groups -OCH3 is 1. The third-order valence-corrected chi connectivity index (χ3v) is 5.52. The van der Waals surface area contributed by atoms with Crippen molar-refractivity contribution in [3.05, 3.63) is 23.8 Å². The number of hydrogen-bond donors (Lipinski definition) is 1. The van der Waals surface area contributed by atoms with Crippen molar-refractivity contribution in [3.63, 3.8) is 0 Å². The van der Waals surface area contributed by atoms with Crippen LogP contribution in [0.3, 0.4) is 0 Å². The molecule has 1 aromatic carbocycles. The van der Waals surface area contributed by atoms with Crippen molar-refractivity contribution in [2.75, 3.05) is 34.4 Å². The monoisotopic (exact) mass is 390 g/mol. The normalized spacial score (nSPS) is 19.5. The van der Waals surface area contributed by atoms with Crippen molar-refractivity contribution >= 4 is 5.91 Å². The van der Waals surface area contributed by atoms with Crippen molar-refractivity contribution < 1.29 is 14.3 Å². The Morgan fingerprint density at radius 3 is 2.57 bits per heavy atom. The van der Waals surface area contributed by atoms with Crippen LogP contribution in [0.15, 0.2) is 18.2 Å². The van der Waals surface area contributed by atoms with Crippen LogP contribution < -0.4 is 14.8 Å². The molecular formula is C23H38N2O3. The van der Waals surface area contributed by atoms with Crippen molar-refractivity contribution in [2.45, 2.75) is 64.3 Å². The molecule has 1 N–H and O–H groups in total. The van der Waals surface area contributed by atoms with Gasteiger partial charge in [-0.05, 0) is 82.7 Å². The molecule has 0 atom stereocenters. The molecule has 0 heterocycles. The number of carbonyl (C=O) groups is 1. The molecule has 1 amide bonds. The zero-order valence-electron chi connectivity index (χ0n) is 18.1. The summed E-state index contributed by atoms with van der Waals surface area (Å²) in [6, 6.07) is 6.53. The maximum Gasteiger partial charge on any atom is 0.220 e. The molecule has 0 unspecified atom stereocenters. The zero-order valence-corrected chi connectivity index (χ0v) is 18.1. The first kappa shape index (κ1) is 22.5. The highest BCUT2D eigenvalue weighted by Gasteiger charge is 2.19. The summed E-state index contributed by atoms with van der Waals surface area (Å²) in [5.41, 5.74) is 1.22. The summed E-state index contributed by atoms with van der Waals surface area (Å²) >= 11 is 0. The smallest absolute Gasteiger partial charge is 0.220 e. The van der Waals surface area contributed by atoms with Gasteiger partial charge in [-0.25, -0.2) is 0 Å². The third-order valence-electron chi connectivity index (χ3n) is 5.52. The van der Waals surface area contributed by atoms with E-state index in [2.05, 4.69) is 23.2 Å². The molecule has 0 aliphatic heterocycles. The van der Waals surface area contributed by atoms with Crippen molar-refractivity contribution in [3.8, 4) is 11.5 Å². The molecular weight excluding hydrogens is 352 g/mol. The van der Waals surface area contributed by atoms with Crippen molar-refractivity contribution in [1.82, 2.24) is 10.2 Å². The third kappa shape index (κ3) is 8.09. The highest BCUT2D eigenvalue weighted by atomic mass is 16.5. The Labute approximate surface area is 170 Å². The van der Waals surface area contributed by atoms with Crippen LogP contribution in [-0.2, 0) is 11.2 Å². The molecule has 0 aromatic heterocycles. The van der Waals surface area contributed by atoms with E-state index in [0.717, 1.165) is 56.1 Å². The van der Waals surface area contributed by atoms with Crippen LogP contribution in [0, 0.1) is 5.92 Å². The molecule has 1 saturated carbocycles. The average Bonchev–Trinajstić information content (AvgIpc) is 2.67. The second kappa shape index (κ2) is 11.9. The minimum Gasteiger partial charge on any atom is -0.493 e. The quantitative estimate of drug-likeness (QED) is 0.579. The molecule has 158 valence electrons. The lowest BCUT2D eigenvalue weighted by Crippen LogP contribution is -2.37. The number of aryl methyl sites for hydroxylation is 1. The molecule has 1 aliphatic rings. The Bertz CT molecular complexity index is 596. The molecule has 0 bridgehead atoms. The van der Waals surface area contributed by atoms with Gasteiger partial charge in [0.1, 0.15) is 6.61 Å². The van der Waals surface area contributed by atoms with Gasteiger partial charge in [0.15, 0.2) is 11.5 Å². The maximum atomic E-state index is 12.1. The Kier molecular flexibility index (Phi) is 9.62. The van der Waals surface area contributed by atoms with E-state index in [9.17, 15) is 4.79 Å². The molecule has 0 saturated heterocycles. The number of hydrogen-bond acceptors (Lipinski definition) is 4. The highest BCUT2D eigenvalue weighted by molar-refractivity contribution is 5.76. The Balaban J connectivity index is 1.68. The molecule has 2 rings (SSSR count). The predicted octanol–water partition coefficient (Wildman–Crippen LogP) is 4.04. The second-order valence-corrected chi connectivity index (χ2v) is 8.37. The summed E-state index contributed by atoms with van der Waals surface area (Å²) < 4.78 is 11.3. The molecule has 1 aliphatic carbocycles. The van der Waals surface area contributed by atoms with Crippen LogP contribution in [0.25, 0.3) is 0 Å². The maximum absolute atomic E-state index is 12.1. The first-order chi connectivity index (χ1) is 13.5. The van der Waals surface area contributed by atoms with Gasteiger partial charge in [0.05, 0.1) is 7.11 Å². The van der Waals surface area contributed by atoms with Crippen LogP contribution in [0.5, 0.6) is 11.5 Å². The summed E-state index contributed by atoms with van der Waals surface area (Å²) in [4.78, 5) is 14.2. The van der Waals surface area contributed by atoms with Crippen LogP contribution in [-0.4, -0.2) is 51.2 Å². The first-order valence-electron chi connectivity index (χ1n) is 10.7. The van der Waals surface area contributed by atoms with E-state index in [1.165, 1.54) is 18.4 Å². The SMILES string of the molecule is COc1cc(CCCCC(=O)N[C@H]2CC[C@H](C)CC2)ccc1OCCN(C)C. The van der Waals surface area contributed by atoms with Gasteiger partial charge in [-0.1, -0.05) is 13.0 Å². The van der Waals surface area contributed by atoms with E-state index in [1.54, 1.807) is 7.11 Å². The summed E-state index contributed by atoms with van der Waals surface area (Å²) in [7, 11) is 5.73. The number of nitrogens with one attached hydrogen (secondary N) is 1. The first-order valence-corrected chi connectivity index (χ1v) is 10.7. The minimum absolute atomic E-state index is 0.210. The largest absolute Gasteiger partial charge is 0.493 e. The van der Waals surface area contributed by atoms with Gasteiger partial charge >= 0.3 is 0 Å². The molecule has 5 nitrogen and oxygen atoms in total. The lowest BCUT2D eigenvalue weighted by molar-refractivity contribution is -0.122. The Morgan fingerprint density at radius 2 is 1.89 bits per heavy atom. The van der Waals surface area contributed by atoms with Gasteiger partial charge in [0.25, 0.3) is 0 Å². The highest BCUT2D eigenvalue weighted by Crippen LogP contribution is 2.29. The molecule has 1 aromatic rings. The number of benzene rings is 1. The number of ether oxygens (including phenoxy) is 2. The van der Waals surface area contributed by atoms with Gasteiger partial charge < -0.3 is 19.7 Å². The zero-order chi connectivity index (χ0) is 20.4.